The van der Waals surface area contributed by atoms with E-state index in [1.165, 1.54) is 49.7 Å². The fourth-order valence-corrected chi connectivity index (χ4v) is 3.76. The molecule has 0 radical (unpaired) electrons. The van der Waals surface area contributed by atoms with Crippen LogP contribution in [0.2, 0.25) is 0 Å². The first-order chi connectivity index (χ1) is 7.42. The number of nitrogens with zero attached hydrogens (tertiary/aromatic N) is 2. The van der Waals surface area contributed by atoms with E-state index >= 15 is 0 Å². The maximum atomic E-state index is 4.47. The molecular weight excluding hydrogens is 206 g/mol. The lowest BCUT2D eigenvalue weighted by atomic mass is 9.98. The predicted octanol–water partition coefficient (Wildman–Crippen LogP) is 1.31. The van der Waals surface area contributed by atoms with Gasteiger partial charge in [0.1, 0.15) is 0 Å². The Morgan fingerprint density at radius 2 is 2.33 bits per heavy atom. The molecule has 4 heteroatoms. The first-order valence-electron chi connectivity index (χ1n) is 6.09. The highest BCUT2D eigenvalue weighted by molar-refractivity contribution is 8.14. The van der Waals surface area contributed by atoms with Crippen molar-refractivity contribution in [3.63, 3.8) is 0 Å². The summed E-state index contributed by atoms with van der Waals surface area (Å²) in [4.78, 5) is 7.14. The van der Waals surface area contributed by atoms with Crippen molar-refractivity contribution in [2.45, 2.75) is 37.8 Å². The van der Waals surface area contributed by atoms with E-state index in [0.717, 1.165) is 12.6 Å². The Morgan fingerprint density at radius 3 is 3.20 bits per heavy atom. The number of aliphatic imine (C=N–C) groups is 1. The summed E-state index contributed by atoms with van der Waals surface area (Å²) in [6.07, 6.45) is 5.46. The smallest absolute Gasteiger partial charge is 0.156 e. The number of amidine groups is 1. The number of hydrogen-bond acceptors (Lipinski definition) is 4. The van der Waals surface area contributed by atoms with Gasteiger partial charge in [0.15, 0.2) is 5.17 Å². The largest absolute Gasteiger partial charge is 0.362 e. The third-order valence-electron chi connectivity index (χ3n) is 3.73. The average Bonchev–Trinajstić information content (AvgIpc) is 2.87. The first kappa shape index (κ1) is 9.97. The van der Waals surface area contributed by atoms with Crippen molar-refractivity contribution in [1.29, 1.82) is 0 Å². The predicted molar refractivity (Wildman–Crippen MR) is 65.5 cm³/mol. The minimum Gasteiger partial charge on any atom is -0.362 e. The summed E-state index contributed by atoms with van der Waals surface area (Å²) in [7, 11) is 0. The Kier molecular flexibility index (Phi) is 2.88. The molecule has 2 saturated heterocycles. The molecule has 0 aliphatic carbocycles. The van der Waals surface area contributed by atoms with Crippen LogP contribution in [0.15, 0.2) is 4.99 Å². The van der Waals surface area contributed by atoms with Crippen molar-refractivity contribution in [3.05, 3.63) is 0 Å². The number of piperidine rings is 1. The van der Waals surface area contributed by atoms with Crippen LogP contribution in [-0.2, 0) is 0 Å². The molecule has 0 spiro atoms. The van der Waals surface area contributed by atoms with Gasteiger partial charge in [-0.05, 0) is 32.2 Å². The highest BCUT2D eigenvalue weighted by atomic mass is 32.2. The van der Waals surface area contributed by atoms with Gasteiger partial charge in [-0.2, -0.15) is 0 Å². The second-order valence-electron chi connectivity index (χ2n) is 4.73. The lowest BCUT2D eigenvalue weighted by Crippen LogP contribution is -2.46. The molecule has 0 bridgehead atoms. The number of rotatable bonds is 1. The van der Waals surface area contributed by atoms with Crippen LogP contribution in [0.3, 0.4) is 0 Å². The molecular formula is C11H19N3S. The molecule has 15 heavy (non-hydrogen) atoms. The van der Waals surface area contributed by atoms with Crippen LogP contribution in [-0.4, -0.2) is 47.5 Å². The maximum Gasteiger partial charge on any atom is 0.156 e. The second kappa shape index (κ2) is 4.34. The topological polar surface area (TPSA) is 27.6 Å². The summed E-state index contributed by atoms with van der Waals surface area (Å²) in [5.74, 6) is 1.17. The molecule has 1 N–H and O–H groups in total. The molecule has 0 aromatic carbocycles. The Morgan fingerprint density at radius 1 is 1.33 bits per heavy atom. The minimum atomic E-state index is 0.689. The monoisotopic (exact) mass is 225 g/mol. The van der Waals surface area contributed by atoms with Crippen LogP contribution in [0, 0.1) is 0 Å². The average molecular weight is 225 g/mol. The third kappa shape index (κ3) is 2.16. The standard InChI is InChI=1S/C11H19N3S/c1-2-10-8-9(3-6-14(10)5-1)13-11-12-4-7-15-11/h9-10H,1-8H2,(H,12,13). The second-order valence-corrected chi connectivity index (χ2v) is 5.82. The SMILES string of the molecule is C1CC2CC(NC3=NCCS3)CCN2C1. The maximum absolute atomic E-state index is 4.47. The normalized spacial score (nSPS) is 36.4. The molecule has 3 nitrogen and oxygen atoms in total. The molecule has 0 saturated carbocycles. The molecule has 3 aliphatic heterocycles. The number of thioether (sulfide) groups is 1. The van der Waals surface area contributed by atoms with Crippen molar-refractivity contribution in [2.24, 2.45) is 4.99 Å². The van der Waals surface area contributed by atoms with Gasteiger partial charge in [0.25, 0.3) is 0 Å². The summed E-state index contributed by atoms with van der Waals surface area (Å²) < 4.78 is 0. The van der Waals surface area contributed by atoms with E-state index in [-0.39, 0.29) is 0 Å². The quantitative estimate of drug-likeness (QED) is 0.729. The van der Waals surface area contributed by atoms with Crippen molar-refractivity contribution >= 4 is 16.9 Å². The highest BCUT2D eigenvalue weighted by Crippen LogP contribution is 2.27. The summed E-state index contributed by atoms with van der Waals surface area (Å²) in [6.45, 7) is 3.64. The van der Waals surface area contributed by atoms with Crippen molar-refractivity contribution in [3.8, 4) is 0 Å². The fraction of sp³-hybridized carbons (Fsp3) is 0.909. The van der Waals surface area contributed by atoms with E-state index < -0.39 is 0 Å². The summed E-state index contributed by atoms with van der Waals surface area (Å²) >= 11 is 1.89. The van der Waals surface area contributed by atoms with Crippen LogP contribution >= 0.6 is 11.8 Å². The van der Waals surface area contributed by atoms with Crippen molar-refractivity contribution in [2.75, 3.05) is 25.4 Å². The van der Waals surface area contributed by atoms with Crippen molar-refractivity contribution < 1.29 is 0 Å². The Balaban J connectivity index is 1.54. The van der Waals surface area contributed by atoms with Crippen LogP contribution in [0.5, 0.6) is 0 Å². The Labute approximate surface area is 95.7 Å². The molecule has 84 valence electrons. The van der Waals surface area contributed by atoms with Gasteiger partial charge in [-0.1, -0.05) is 11.8 Å². The molecule has 3 heterocycles. The summed E-state index contributed by atoms with van der Waals surface area (Å²) in [5, 5.41) is 4.82. The van der Waals surface area contributed by atoms with Crippen LogP contribution < -0.4 is 5.32 Å². The molecule has 0 amide bonds. The number of hydrogen-bond donors (Lipinski definition) is 1. The molecule has 3 aliphatic rings. The lowest BCUT2D eigenvalue weighted by Gasteiger charge is -2.35. The fourth-order valence-electron chi connectivity index (χ4n) is 2.95. The van der Waals surface area contributed by atoms with Gasteiger partial charge in [0.05, 0.1) is 6.54 Å². The molecule has 0 aromatic heterocycles. The Hall–Kier alpha value is -0.220. The molecule has 2 unspecified atom stereocenters. The van der Waals surface area contributed by atoms with E-state index in [9.17, 15) is 0 Å². The first-order valence-corrected chi connectivity index (χ1v) is 7.08. The van der Waals surface area contributed by atoms with E-state index in [1.807, 2.05) is 11.8 Å². The minimum absolute atomic E-state index is 0.689. The van der Waals surface area contributed by atoms with Crippen LogP contribution in [0.25, 0.3) is 0 Å². The summed E-state index contributed by atoms with van der Waals surface area (Å²) in [6, 6.07) is 1.55. The van der Waals surface area contributed by atoms with E-state index in [1.54, 1.807) is 0 Å². The number of nitrogens with one attached hydrogen (secondary N) is 1. The zero-order chi connectivity index (χ0) is 10.1. The lowest BCUT2D eigenvalue weighted by molar-refractivity contribution is 0.175. The van der Waals surface area contributed by atoms with Crippen molar-refractivity contribution in [1.82, 2.24) is 10.2 Å². The van der Waals surface area contributed by atoms with Gasteiger partial charge in [-0.25, -0.2) is 0 Å². The summed E-state index contributed by atoms with van der Waals surface area (Å²) in [5.41, 5.74) is 0. The van der Waals surface area contributed by atoms with Gasteiger partial charge in [0, 0.05) is 24.4 Å². The van der Waals surface area contributed by atoms with E-state index in [4.69, 9.17) is 0 Å². The van der Waals surface area contributed by atoms with Crippen LogP contribution in [0.1, 0.15) is 25.7 Å². The van der Waals surface area contributed by atoms with E-state index in [2.05, 4.69) is 15.2 Å². The van der Waals surface area contributed by atoms with Gasteiger partial charge in [0.2, 0.25) is 0 Å². The zero-order valence-electron chi connectivity index (χ0n) is 9.11. The third-order valence-corrected chi connectivity index (χ3v) is 4.64. The van der Waals surface area contributed by atoms with Gasteiger partial charge in [-0.15, -0.1) is 0 Å². The van der Waals surface area contributed by atoms with Crippen LogP contribution in [0.4, 0.5) is 0 Å². The molecule has 2 fully saturated rings. The Bertz CT molecular complexity index is 267. The highest BCUT2D eigenvalue weighted by Gasteiger charge is 2.32. The van der Waals surface area contributed by atoms with Gasteiger partial charge >= 0.3 is 0 Å². The van der Waals surface area contributed by atoms with Gasteiger partial charge in [-0.3, -0.25) is 4.99 Å². The van der Waals surface area contributed by atoms with E-state index in [0.29, 0.717) is 6.04 Å². The van der Waals surface area contributed by atoms with Gasteiger partial charge < -0.3 is 10.2 Å². The zero-order valence-corrected chi connectivity index (χ0v) is 9.93. The molecule has 2 atom stereocenters. The molecule has 0 aromatic rings. The number of fused-ring (bicyclic) bond motifs is 1. The molecule has 3 rings (SSSR count).